The van der Waals surface area contributed by atoms with Gasteiger partial charge in [-0.1, -0.05) is 68.4 Å². The summed E-state index contributed by atoms with van der Waals surface area (Å²) in [5, 5.41) is 3.24. The number of anilines is 1. The Morgan fingerprint density at radius 2 is 1.60 bits per heavy atom. The van der Waals surface area contributed by atoms with Crippen LogP contribution in [-0.2, 0) is 29.0 Å². The van der Waals surface area contributed by atoms with Crippen molar-refractivity contribution in [2.45, 2.75) is 44.3 Å². The number of H-pyrrole nitrogens is 1. The zero-order chi connectivity index (χ0) is 35.4. The average molecular weight is 702 g/mol. The molecule has 6 rings (SSSR count). The Morgan fingerprint density at radius 1 is 1.00 bits per heavy atom. The number of nitrogens with zero attached hydrogens (tertiary/aromatic N) is 2. The molecule has 1 fully saturated rings. The second-order valence-electron chi connectivity index (χ2n) is 12.1. The van der Waals surface area contributed by atoms with Gasteiger partial charge < -0.3 is 28.8 Å². The molecule has 3 aromatic carbocycles. The molecule has 1 amide bonds. The maximum atomic E-state index is 12.6. The Bertz CT molecular complexity index is 1970. The minimum absolute atomic E-state index is 0.0692. The molecule has 13 nitrogen and oxygen atoms in total. The van der Waals surface area contributed by atoms with Gasteiger partial charge in [0.1, 0.15) is 41.4 Å². The number of benzene rings is 3. The molecule has 0 radical (unpaired) electrons. The number of carbonyl (C=O) groups excluding carboxylic acids is 1. The summed E-state index contributed by atoms with van der Waals surface area (Å²) in [6.45, 7) is 3.42. The van der Waals surface area contributed by atoms with Crippen molar-refractivity contribution < 1.29 is 37.7 Å². The monoisotopic (exact) mass is 701 g/mol. The molecule has 3 heterocycles. The summed E-state index contributed by atoms with van der Waals surface area (Å²) in [5.74, 6) is 0.969. The van der Waals surface area contributed by atoms with Gasteiger partial charge in [-0.05, 0) is 47.0 Å². The molecule has 1 aliphatic rings. The van der Waals surface area contributed by atoms with Crippen LogP contribution in [-0.4, -0.2) is 58.4 Å². The number of fused-ring (bicyclic) bond motifs is 1. The van der Waals surface area contributed by atoms with E-state index in [1.165, 1.54) is 0 Å². The summed E-state index contributed by atoms with van der Waals surface area (Å²) < 4.78 is 43.6. The first kappa shape index (κ1) is 34.9. The molecule has 3 N–H and O–H groups in total. The van der Waals surface area contributed by atoms with Crippen LogP contribution in [0.4, 0.5) is 5.82 Å². The number of ether oxygens (including phenoxy) is 4. The Kier molecular flexibility index (Phi) is 10.4. The quantitative estimate of drug-likeness (QED) is 0.103. The molecule has 14 heteroatoms. The second-order valence-corrected chi connectivity index (χ2v) is 12.8. The average Bonchev–Trinajstić information content (AvgIpc) is 3.73. The van der Waals surface area contributed by atoms with Gasteiger partial charge in [-0.2, -0.15) is 4.98 Å². The topological polar surface area (TPSA) is 163 Å². The van der Waals surface area contributed by atoms with E-state index < -0.39 is 38.0 Å². The SMILES string of the molecule is COc1ccc(C(OC[C@H]2O[C@@H](n3ccc4c(NC(=O)C(C)C)[nH]c(=O)nc43)C[C@@H]2O[P+](=O)O)(c2ccccc2)c2ccc(OC)cc2)cc1. The summed E-state index contributed by atoms with van der Waals surface area (Å²) in [5.41, 5.74) is 0.850. The van der Waals surface area contributed by atoms with Crippen LogP contribution in [0, 0.1) is 5.92 Å². The predicted octanol–water partition coefficient (Wildman–Crippen LogP) is 5.67. The smallest absolute Gasteiger partial charge is 0.497 e. The van der Waals surface area contributed by atoms with Gasteiger partial charge in [0.15, 0.2) is 5.65 Å². The van der Waals surface area contributed by atoms with Crippen LogP contribution >= 0.6 is 8.25 Å². The standard InChI is InChI=1S/C36H37N4O9P/c1-22(2)34(41)37-32-28-18-19-40(33(28)39-35(42)38-32)31-20-29(49-50(43)44)30(48-31)21-47-36(23-8-6-5-7-9-23,24-10-14-26(45-3)15-11-24)25-12-16-27(46-4)17-13-25/h5-19,22,29-31H,20-21H2,1-4H3,(H2-,37,38,39,41,42,43,44)/p+1/t29-,30+,31+/m0/s1. The van der Waals surface area contributed by atoms with Gasteiger partial charge in [0.25, 0.3) is 0 Å². The molecule has 1 aliphatic heterocycles. The number of methoxy groups -OCH3 is 2. The summed E-state index contributed by atoms with van der Waals surface area (Å²) in [4.78, 5) is 41.6. The fourth-order valence-corrected chi connectivity index (χ4v) is 6.63. The lowest BCUT2D eigenvalue weighted by atomic mass is 9.80. The summed E-state index contributed by atoms with van der Waals surface area (Å²) in [7, 11) is 0.199. The van der Waals surface area contributed by atoms with Crippen molar-refractivity contribution in [2.24, 2.45) is 5.92 Å². The van der Waals surface area contributed by atoms with Crippen LogP contribution in [0.5, 0.6) is 11.5 Å². The lowest BCUT2D eigenvalue weighted by Gasteiger charge is -2.37. The predicted molar refractivity (Wildman–Crippen MR) is 185 cm³/mol. The van der Waals surface area contributed by atoms with Gasteiger partial charge in [-0.3, -0.25) is 9.78 Å². The molecule has 5 aromatic rings. The Morgan fingerprint density at radius 3 is 2.16 bits per heavy atom. The van der Waals surface area contributed by atoms with Crippen molar-refractivity contribution in [3.63, 3.8) is 0 Å². The highest BCUT2D eigenvalue weighted by Gasteiger charge is 2.46. The molecule has 50 heavy (non-hydrogen) atoms. The Hall–Kier alpha value is -4.91. The zero-order valence-corrected chi connectivity index (χ0v) is 28.8. The number of aromatic nitrogens is 3. The van der Waals surface area contributed by atoms with E-state index in [0.717, 1.165) is 16.7 Å². The number of hydrogen-bond acceptors (Lipinski definition) is 9. The molecular formula is C36H38N4O9P+. The largest absolute Gasteiger partial charge is 0.695 e. The minimum atomic E-state index is -3.00. The normalized spacial score (nSPS) is 18.0. The molecule has 1 unspecified atom stereocenters. The molecule has 0 bridgehead atoms. The molecule has 1 saturated heterocycles. The van der Waals surface area contributed by atoms with Gasteiger partial charge in [0.05, 0.1) is 26.2 Å². The van der Waals surface area contributed by atoms with Gasteiger partial charge >= 0.3 is 13.9 Å². The van der Waals surface area contributed by atoms with Crippen molar-refractivity contribution >= 4 is 31.0 Å². The molecular weight excluding hydrogens is 663 g/mol. The maximum Gasteiger partial charge on any atom is 0.695 e. The third kappa shape index (κ3) is 7.05. The molecule has 0 spiro atoms. The van der Waals surface area contributed by atoms with Crippen molar-refractivity contribution in [1.82, 2.24) is 14.5 Å². The molecule has 2 aromatic heterocycles. The van der Waals surface area contributed by atoms with Crippen molar-refractivity contribution in [1.29, 1.82) is 0 Å². The minimum Gasteiger partial charge on any atom is -0.497 e. The zero-order valence-electron chi connectivity index (χ0n) is 27.9. The number of rotatable bonds is 13. The first-order chi connectivity index (χ1) is 24.1. The highest BCUT2D eigenvalue weighted by molar-refractivity contribution is 7.32. The van der Waals surface area contributed by atoms with E-state index in [2.05, 4.69) is 15.3 Å². The summed E-state index contributed by atoms with van der Waals surface area (Å²) in [6, 6.07) is 26.5. The van der Waals surface area contributed by atoms with E-state index in [1.54, 1.807) is 44.9 Å². The Balaban J connectivity index is 1.38. The van der Waals surface area contributed by atoms with Crippen molar-refractivity contribution in [2.75, 3.05) is 26.1 Å². The fourth-order valence-electron chi connectivity index (χ4n) is 6.18. The second kappa shape index (κ2) is 14.9. The summed E-state index contributed by atoms with van der Waals surface area (Å²) >= 11 is 0. The van der Waals surface area contributed by atoms with E-state index in [4.69, 9.17) is 23.5 Å². The van der Waals surface area contributed by atoms with Crippen molar-refractivity contribution in [3.8, 4) is 11.5 Å². The number of aromatic amines is 1. The van der Waals surface area contributed by atoms with Gasteiger partial charge in [0, 0.05) is 23.1 Å². The summed E-state index contributed by atoms with van der Waals surface area (Å²) in [6.07, 6.45) is -0.621. The number of hydrogen-bond donors (Lipinski definition) is 3. The van der Waals surface area contributed by atoms with Crippen molar-refractivity contribution in [3.05, 3.63) is 118 Å². The lowest BCUT2D eigenvalue weighted by molar-refractivity contribution is -0.118. The van der Waals surface area contributed by atoms with E-state index in [1.807, 2.05) is 78.9 Å². The van der Waals surface area contributed by atoms with Crippen LogP contribution < -0.4 is 20.5 Å². The molecule has 0 aliphatic carbocycles. The third-order valence-corrected chi connectivity index (χ3v) is 9.17. The molecule has 260 valence electrons. The maximum absolute atomic E-state index is 12.6. The van der Waals surface area contributed by atoms with Crippen LogP contribution in [0.25, 0.3) is 11.0 Å². The number of nitrogens with one attached hydrogen (secondary N) is 2. The van der Waals surface area contributed by atoms with E-state index in [-0.39, 0.29) is 36.3 Å². The fraction of sp³-hybridized carbons (Fsp3) is 0.306. The first-order valence-corrected chi connectivity index (χ1v) is 17.1. The highest BCUT2D eigenvalue weighted by atomic mass is 31.1. The highest BCUT2D eigenvalue weighted by Crippen LogP contribution is 2.44. The van der Waals surface area contributed by atoms with E-state index in [0.29, 0.717) is 16.9 Å². The molecule has 4 atom stereocenters. The number of amides is 1. The van der Waals surface area contributed by atoms with Gasteiger partial charge in [0.2, 0.25) is 5.91 Å². The number of carbonyl (C=O) groups is 1. The van der Waals surface area contributed by atoms with Crippen LogP contribution in [0.3, 0.4) is 0 Å². The van der Waals surface area contributed by atoms with Crippen LogP contribution in [0.1, 0.15) is 43.2 Å². The van der Waals surface area contributed by atoms with Crippen LogP contribution in [0.2, 0.25) is 0 Å². The lowest BCUT2D eigenvalue weighted by Crippen LogP contribution is -2.38. The Labute approximate surface area is 289 Å². The van der Waals surface area contributed by atoms with E-state index >= 15 is 0 Å². The van der Waals surface area contributed by atoms with Gasteiger partial charge in [-0.25, -0.2) is 4.79 Å². The molecule has 0 saturated carbocycles. The van der Waals surface area contributed by atoms with Gasteiger partial charge in [-0.15, -0.1) is 9.42 Å². The first-order valence-electron chi connectivity index (χ1n) is 16.0. The van der Waals surface area contributed by atoms with E-state index in [9.17, 15) is 19.0 Å². The third-order valence-electron chi connectivity index (χ3n) is 8.72. The van der Waals surface area contributed by atoms with Crippen LogP contribution in [0.15, 0.2) is 95.9 Å².